The van der Waals surface area contributed by atoms with Gasteiger partial charge in [0.15, 0.2) is 11.5 Å². The largest absolute Gasteiger partial charge is 0.508 e. The van der Waals surface area contributed by atoms with Gasteiger partial charge in [0.1, 0.15) is 29.2 Å². The number of hydrogen-bond acceptors (Lipinski definition) is 6. The molecule has 3 rings (SSSR count). The first kappa shape index (κ1) is 10.3. The molecule has 2 heterocycles. The van der Waals surface area contributed by atoms with Crippen LogP contribution in [0.3, 0.4) is 0 Å². The van der Waals surface area contributed by atoms with Crippen molar-refractivity contribution >= 4 is 17.0 Å². The van der Waals surface area contributed by atoms with E-state index >= 15 is 0 Å². The van der Waals surface area contributed by atoms with Crippen molar-refractivity contribution in [3.8, 4) is 22.9 Å². The number of aromatic nitrogens is 4. The summed E-state index contributed by atoms with van der Waals surface area (Å²) in [5, 5.41) is 19.0. The molecule has 0 radical (unpaired) electrons. The van der Waals surface area contributed by atoms with E-state index in [4.69, 9.17) is 5.73 Å². The fraction of sp³-hybridized carbons (Fsp3) is 0. The third kappa shape index (κ3) is 1.49. The van der Waals surface area contributed by atoms with Crippen molar-refractivity contribution in [2.45, 2.75) is 0 Å². The van der Waals surface area contributed by atoms with E-state index in [1.165, 1.54) is 18.5 Å². The van der Waals surface area contributed by atoms with Crippen LogP contribution in [0, 0.1) is 0 Å². The van der Waals surface area contributed by atoms with Gasteiger partial charge in [0.2, 0.25) is 0 Å². The third-order valence-electron chi connectivity index (χ3n) is 2.55. The standard InChI is InChI=1S/C11H9N5O2/c12-9-8-11(14-4-13-9)16-10(15-8)6-2-1-5(17)3-7(6)18/h1-4,17-18H,(H3,12,13,14,15,16). The van der Waals surface area contributed by atoms with Crippen LogP contribution in [0.25, 0.3) is 22.6 Å². The topological polar surface area (TPSA) is 121 Å². The minimum atomic E-state index is -0.0828. The number of aromatic hydroxyl groups is 2. The molecule has 0 saturated carbocycles. The second-order valence-corrected chi connectivity index (χ2v) is 3.74. The van der Waals surface area contributed by atoms with Gasteiger partial charge in [-0.3, -0.25) is 0 Å². The molecule has 0 aliphatic heterocycles. The van der Waals surface area contributed by atoms with Crippen LogP contribution in [-0.4, -0.2) is 30.1 Å². The van der Waals surface area contributed by atoms with Crippen LogP contribution in [0.2, 0.25) is 0 Å². The minimum absolute atomic E-state index is 0.0216. The number of nitrogens with two attached hydrogens (primary N) is 1. The first-order valence-corrected chi connectivity index (χ1v) is 5.13. The number of aromatic amines is 1. The van der Waals surface area contributed by atoms with Crippen molar-refractivity contribution in [3.63, 3.8) is 0 Å². The van der Waals surface area contributed by atoms with Crippen LogP contribution in [0.1, 0.15) is 0 Å². The van der Waals surface area contributed by atoms with Gasteiger partial charge in [0.25, 0.3) is 0 Å². The van der Waals surface area contributed by atoms with Gasteiger partial charge in [0.05, 0.1) is 5.56 Å². The molecule has 7 nitrogen and oxygen atoms in total. The van der Waals surface area contributed by atoms with E-state index in [1.54, 1.807) is 6.07 Å². The number of fused-ring (bicyclic) bond motifs is 1. The van der Waals surface area contributed by atoms with Crippen molar-refractivity contribution in [3.05, 3.63) is 24.5 Å². The Hall–Kier alpha value is -2.83. The lowest BCUT2D eigenvalue weighted by Gasteiger charge is -2.00. The second-order valence-electron chi connectivity index (χ2n) is 3.74. The van der Waals surface area contributed by atoms with Gasteiger partial charge in [-0.25, -0.2) is 15.0 Å². The second kappa shape index (κ2) is 3.59. The first-order valence-electron chi connectivity index (χ1n) is 5.13. The molecular weight excluding hydrogens is 234 g/mol. The summed E-state index contributed by atoms with van der Waals surface area (Å²) in [5.74, 6) is 0.596. The molecule has 1 aromatic carbocycles. The van der Waals surface area contributed by atoms with Crippen LogP contribution in [0.4, 0.5) is 5.82 Å². The van der Waals surface area contributed by atoms with E-state index in [0.717, 1.165) is 0 Å². The molecule has 90 valence electrons. The summed E-state index contributed by atoms with van der Waals surface area (Å²) in [6.07, 6.45) is 1.32. The van der Waals surface area contributed by atoms with Gasteiger partial charge < -0.3 is 20.9 Å². The third-order valence-corrected chi connectivity index (χ3v) is 2.55. The Balaban J connectivity index is 2.23. The Morgan fingerprint density at radius 1 is 1.17 bits per heavy atom. The van der Waals surface area contributed by atoms with Crippen molar-refractivity contribution < 1.29 is 10.2 Å². The van der Waals surface area contributed by atoms with Crippen molar-refractivity contribution in [1.82, 2.24) is 19.9 Å². The lowest BCUT2D eigenvalue weighted by atomic mass is 10.2. The van der Waals surface area contributed by atoms with Gasteiger partial charge in [-0.2, -0.15) is 0 Å². The average molecular weight is 243 g/mol. The van der Waals surface area contributed by atoms with E-state index < -0.39 is 0 Å². The van der Waals surface area contributed by atoms with E-state index in [-0.39, 0.29) is 17.3 Å². The summed E-state index contributed by atoms with van der Waals surface area (Å²) in [4.78, 5) is 15.0. The summed E-state index contributed by atoms with van der Waals surface area (Å²) in [6, 6.07) is 4.24. The van der Waals surface area contributed by atoms with E-state index in [2.05, 4.69) is 19.9 Å². The maximum Gasteiger partial charge on any atom is 0.183 e. The number of phenolic OH excluding ortho intramolecular Hbond substituents is 2. The van der Waals surface area contributed by atoms with Crippen molar-refractivity contribution in [2.24, 2.45) is 0 Å². The fourth-order valence-electron chi connectivity index (χ4n) is 1.69. The van der Waals surface area contributed by atoms with Crippen LogP contribution < -0.4 is 5.73 Å². The number of imidazole rings is 1. The Kier molecular flexibility index (Phi) is 2.06. The summed E-state index contributed by atoms with van der Waals surface area (Å²) in [5.41, 5.74) is 7.07. The molecule has 5 N–H and O–H groups in total. The number of nitrogens with one attached hydrogen (secondary N) is 1. The van der Waals surface area contributed by atoms with E-state index in [9.17, 15) is 10.2 Å². The van der Waals surface area contributed by atoms with E-state index in [1.807, 2.05) is 0 Å². The first-order chi connectivity index (χ1) is 8.65. The molecule has 3 aromatic rings. The fourth-order valence-corrected chi connectivity index (χ4v) is 1.69. The van der Waals surface area contributed by atoms with E-state index in [0.29, 0.717) is 22.6 Å². The maximum absolute atomic E-state index is 9.75. The van der Waals surface area contributed by atoms with Crippen molar-refractivity contribution in [2.75, 3.05) is 5.73 Å². The molecule has 0 atom stereocenters. The van der Waals surface area contributed by atoms with Gasteiger partial charge in [-0.1, -0.05) is 0 Å². The van der Waals surface area contributed by atoms with Gasteiger partial charge in [-0.15, -0.1) is 0 Å². The molecule has 0 spiro atoms. The van der Waals surface area contributed by atoms with Crippen LogP contribution >= 0.6 is 0 Å². The Labute approximate surface area is 101 Å². The highest BCUT2D eigenvalue weighted by atomic mass is 16.3. The van der Waals surface area contributed by atoms with Gasteiger partial charge in [-0.05, 0) is 12.1 Å². The number of nitrogen functional groups attached to an aromatic ring is 1. The summed E-state index contributed by atoms with van der Waals surface area (Å²) < 4.78 is 0. The lowest BCUT2D eigenvalue weighted by Crippen LogP contribution is -1.91. The van der Waals surface area contributed by atoms with Crippen LogP contribution in [-0.2, 0) is 0 Å². The predicted molar refractivity (Wildman–Crippen MR) is 64.9 cm³/mol. The Bertz CT molecular complexity index is 737. The number of benzene rings is 1. The molecule has 0 unspecified atom stereocenters. The monoisotopic (exact) mass is 243 g/mol. The minimum Gasteiger partial charge on any atom is -0.508 e. The molecule has 7 heteroatoms. The number of anilines is 1. The Morgan fingerprint density at radius 3 is 2.72 bits per heavy atom. The van der Waals surface area contributed by atoms with Crippen LogP contribution in [0.15, 0.2) is 24.5 Å². The highest BCUT2D eigenvalue weighted by Crippen LogP contribution is 2.31. The molecule has 0 bridgehead atoms. The Morgan fingerprint density at radius 2 is 2.00 bits per heavy atom. The smallest absolute Gasteiger partial charge is 0.183 e. The lowest BCUT2D eigenvalue weighted by molar-refractivity contribution is 0.451. The molecule has 0 aliphatic rings. The number of phenols is 2. The SMILES string of the molecule is Nc1ncnc2nc(-c3ccc(O)cc3O)[nH]c12. The summed E-state index contributed by atoms with van der Waals surface area (Å²) in [7, 11) is 0. The quantitative estimate of drug-likeness (QED) is 0.506. The molecule has 18 heavy (non-hydrogen) atoms. The predicted octanol–water partition coefficient (Wildman–Crippen LogP) is 1.01. The zero-order chi connectivity index (χ0) is 12.7. The maximum atomic E-state index is 9.75. The van der Waals surface area contributed by atoms with Crippen molar-refractivity contribution in [1.29, 1.82) is 0 Å². The summed E-state index contributed by atoms with van der Waals surface area (Å²) >= 11 is 0. The zero-order valence-electron chi connectivity index (χ0n) is 9.12. The van der Waals surface area contributed by atoms with Crippen LogP contribution in [0.5, 0.6) is 11.5 Å². The average Bonchev–Trinajstić information content (AvgIpc) is 2.74. The molecule has 0 saturated heterocycles. The molecule has 0 aliphatic carbocycles. The van der Waals surface area contributed by atoms with Gasteiger partial charge in [0, 0.05) is 6.07 Å². The normalized spacial score (nSPS) is 10.9. The summed E-state index contributed by atoms with van der Waals surface area (Å²) in [6.45, 7) is 0. The number of rotatable bonds is 1. The number of nitrogens with zero attached hydrogens (tertiary/aromatic N) is 3. The highest BCUT2D eigenvalue weighted by molar-refractivity contribution is 5.85. The number of H-pyrrole nitrogens is 1. The number of hydrogen-bond donors (Lipinski definition) is 4. The molecule has 2 aromatic heterocycles. The molecule has 0 fully saturated rings. The molecule has 0 amide bonds. The highest BCUT2D eigenvalue weighted by Gasteiger charge is 2.12. The zero-order valence-corrected chi connectivity index (χ0v) is 9.12. The van der Waals surface area contributed by atoms with Gasteiger partial charge >= 0.3 is 0 Å². The molecular formula is C11H9N5O2.